The molecule has 0 atom stereocenters. The highest BCUT2D eigenvalue weighted by Gasteiger charge is 2.18. The van der Waals surface area contributed by atoms with Crippen LogP contribution in [0.2, 0.25) is 0 Å². The van der Waals surface area contributed by atoms with Gasteiger partial charge in [-0.05, 0) is 118 Å². The van der Waals surface area contributed by atoms with Crippen molar-refractivity contribution < 1.29 is 0 Å². The SMILES string of the molecule is N#Cc1nc2c3ccc(-c4ccc(N(c5ccccc5)c5ccccc5)cc4)cc3c3cc(-c4ccc(N(c5ccccc5)c5ccccc5)cc4)ccc3c2nc1C#N. The van der Waals surface area contributed by atoms with E-state index in [1.165, 1.54) is 0 Å². The molecule has 0 saturated heterocycles. The zero-order chi connectivity index (χ0) is 40.4. The number of hydrogen-bond donors (Lipinski definition) is 0. The standard InChI is InChI=1S/C54H34N6/c55-35-51-52(36-56)58-54-48-32-26-40(38-23-29-46(30-24-38)60(43-17-9-3-10-18-43)44-19-11-4-12-20-44)34-50(48)49-33-39(25-31-47(49)53(54)57-51)37-21-27-45(28-22-37)59(41-13-5-1-6-14-41)42-15-7-2-8-16-42/h1-34H. The number of anilines is 6. The van der Waals surface area contributed by atoms with E-state index >= 15 is 0 Å². The third-order valence-corrected chi connectivity index (χ3v) is 10.9. The summed E-state index contributed by atoms with van der Waals surface area (Å²) in [5, 5.41) is 23.5. The molecule has 0 aliphatic rings. The van der Waals surface area contributed by atoms with Gasteiger partial charge >= 0.3 is 0 Å². The Kier molecular flexibility index (Phi) is 9.19. The van der Waals surface area contributed by atoms with E-state index in [0.29, 0.717) is 11.0 Å². The lowest BCUT2D eigenvalue weighted by Gasteiger charge is -2.25. The van der Waals surface area contributed by atoms with Gasteiger partial charge in [-0.15, -0.1) is 0 Å². The van der Waals surface area contributed by atoms with Gasteiger partial charge in [-0.3, -0.25) is 0 Å². The summed E-state index contributed by atoms with van der Waals surface area (Å²) < 4.78 is 0. The summed E-state index contributed by atoms with van der Waals surface area (Å²) in [5.74, 6) is 0. The van der Waals surface area contributed by atoms with Gasteiger partial charge in [-0.25, -0.2) is 9.97 Å². The molecule has 0 unspecified atom stereocenters. The van der Waals surface area contributed by atoms with E-state index in [1.807, 2.05) is 24.3 Å². The summed E-state index contributed by atoms with van der Waals surface area (Å²) in [6, 6.07) is 75.7. The molecular weight excluding hydrogens is 733 g/mol. The molecule has 9 aromatic carbocycles. The highest BCUT2D eigenvalue weighted by Crippen LogP contribution is 2.41. The van der Waals surface area contributed by atoms with Crippen molar-refractivity contribution in [2.75, 3.05) is 9.80 Å². The van der Waals surface area contributed by atoms with Crippen LogP contribution in [0.25, 0.3) is 54.8 Å². The van der Waals surface area contributed by atoms with E-state index in [9.17, 15) is 10.5 Å². The monoisotopic (exact) mass is 766 g/mol. The molecule has 6 nitrogen and oxygen atoms in total. The fraction of sp³-hybridized carbons (Fsp3) is 0. The lowest BCUT2D eigenvalue weighted by molar-refractivity contribution is 1.21. The average Bonchev–Trinajstić information content (AvgIpc) is 3.33. The van der Waals surface area contributed by atoms with Crippen LogP contribution in [0.5, 0.6) is 0 Å². The van der Waals surface area contributed by atoms with Crippen molar-refractivity contribution in [1.29, 1.82) is 10.5 Å². The van der Waals surface area contributed by atoms with Crippen LogP contribution in [0, 0.1) is 22.7 Å². The third kappa shape index (κ3) is 6.51. The van der Waals surface area contributed by atoms with Crippen LogP contribution in [0.4, 0.5) is 34.1 Å². The van der Waals surface area contributed by atoms with Gasteiger partial charge in [0, 0.05) is 44.9 Å². The second kappa shape index (κ2) is 15.4. The summed E-state index contributed by atoms with van der Waals surface area (Å²) in [5.41, 5.74) is 11.8. The molecule has 10 rings (SSSR count). The second-order valence-corrected chi connectivity index (χ2v) is 14.5. The largest absolute Gasteiger partial charge is 0.311 e. The van der Waals surface area contributed by atoms with Crippen molar-refractivity contribution in [3.8, 4) is 34.4 Å². The summed E-state index contributed by atoms with van der Waals surface area (Å²) in [6.45, 7) is 0. The van der Waals surface area contributed by atoms with E-state index in [0.717, 1.165) is 77.9 Å². The van der Waals surface area contributed by atoms with E-state index in [-0.39, 0.29) is 11.4 Å². The van der Waals surface area contributed by atoms with Gasteiger partial charge in [0.1, 0.15) is 12.1 Å². The maximum atomic E-state index is 9.93. The molecule has 0 saturated carbocycles. The fourth-order valence-corrected chi connectivity index (χ4v) is 8.08. The average molecular weight is 767 g/mol. The topological polar surface area (TPSA) is 79.8 Å². The first-order valence-corrected chi connectivity index (χ1v) is 19.7. The molecule has 10 aromatic rings. The maximum absolute atomic E-state index is 9.93. The van der Waals surface area contributed by atoms with Crippen LogP contribution in [-0.4, -0.2) is 9.97 Å². The predicted molar refractivity (Wildman–Crippen MR) is 244 cm³/mol. The van der Waals surface area contributed by atoms with Gasteiger partial charge < -0.3 is 9.80 Å². The summed E-state index contributed by atoms with van der Waals surface area (Å²) in [6.07, 6.45) is 0. The van der Waals surface area contributed by atoms with Gasteiger partial charge in [0.2, 0.25) is 0 Å². The number of aromatic nitrogens is 2. The maximum Gasteiger partial charge on any atom is 0.177 e. The molecule has 280 valence electrons. The molecule has 0 radical (unpaired) electrons. The van der Waals surface area contributed by atoms with Gasteiger partial charge in [0.05, 0.1) is 11.0 Å². The van der Waals surface area contributed by atoms with Crippen molar-refractivity contribution in [1.82, 2.24) is 9.97 Å². The second-order valence-electron chi connectivity index (χ2n) is 14.5. The van der Waals surface area contributed by atoms with E-state index in [4.69, 9.17) is 9.97 Å². The van der Waals surface area contributed by atoms with Crippen LogP contribution < -0.4 is 9.80 Å². The molecule has 0 fully saturated rings. The van der Waals surface area contributed by atoms with E-state index in [1.54, 1.807) is 0 Å². The molecule has 0 aliphatic carbocycles. The third-order valence-electron chi connectivity index (χ3n) is 10.9. The Bertz CT molecular complexity index is 2950. The Labute approximate surface area is 347 Å². The first kappa shape index (κ1) is 35.8. The molecule has 1 aromatic heterocycles. The van der Waals surface area contributed by atoms with Crippen molar-refractivity contribution >= 4 is 66.7 Å². The number of fused-ring (bicyclic) bond motifs is 6. The molecule has 6 heteroatoms. The highest BCUT2D eigenvalue weighted by atomic mass is 15.1. The molecule has 1 heterocycles. The van der Waals surface area contributed by atoms with Gasteiger partial charge in [-0.1, -0.05) is 121 Å². The minimum Gasteiger partial charge on any atom is -0.311 e. The minimum atomic E-state index is 0.0171. The van der Waals surface area contributed by atoms with Crippen LogP contribution in [0.15, 0.2) is 206 Å². The molecular formula is C54H34N6. The number of para-hydroxylation sites is 4. The van der Waals surface area contributed by atoms with Crippen molar-refractivity contribution in [3.63, 3.8) is 0 Å². The van der Waals surface area contributed by atoms with Crippen LogP contribution in [-0.2, 0) is 0 Å². The van der Waals surface area contributed by atoms with E-state index in [2.05, 4.69) is 204 Å². The summed E-state index contributed by atoms with van der Waals surface area (Å²) >= 11 is 0. The molecule has 0 spiro atoms. The minimum absolute atomic E-state index is 0.0171. The zero-order valence-corrected chi connectivity index (χ0v) is 32.3. The molecule has 0 amide bonds. The number of benzene rings is 9. The van der Waals surface area contributed by atoms with Crippen molar-refractivity contribution in [2.24, 2.45) is 0 Å². The Morgan fingerprint density at radius 1 is 0.300 bits per heavy atom. The first-order valence-electron chi connectivity index (χ1n) is 19.7. The lowest BCUT2D eigenvalue weighted by Crippen LogP contribution is -2.09. The van der Waals surface area contributed by atoms with Crippen LogP contribution >= 0.6 is 0 Å². The highest BCUT2D eigenvalue weighted by molar-refractivity contribution is 6.24. The Morgan fingerprint density at radius 2 is 0.583 bits per heavy atom. The first-order chi connectivity index (χ1) is 29.7. The van der Waals surface area contributed by atoms with Gasteiger partial charge in [-0.2, -0.15) is 10.5 Å². The van der Waals surface area contributed by atoms with Gasteiger partial charge in [0.15, 0.2) is 11.4 Å². The van der Waals surface area contributed by atoms with Crippen molar-refractivity contribution in [3.05, 3.63) is 218 Å². The number of hydrogen-bond acceptors (Lipinski definition) is 6. The lowest BCUT2D eigenvalue weighted by atomic mass is 9.93. The fourth-order valence-electron chi connectivity index (χ4n) is 8.08. The quantitative estimate of drug-likeness (QED) is 0.143. The number of nitrogens with zero attached hydrogens (tertiary/aromatic N) is 6. The Balaban J connectivity index is 1.10. The molecule has 0 aliphatic heterocycles. The molecule has 60 heavy (non-hydrogen) atoms. The van der Waals surface area contributed by atoms with Gasteiger partial charge in [0.25, 0.3) is 0 Å². The number of rotatable bonds is 8. The molecule has 0 N–H and O–H groups in total. The van der Waals surface area contributed by atoms with Crippen LogP contribution in [0.3, 0.4) is 0 Å². The molecule has 0 bridgehead atoms. The normalized spacial score (nSPS) is 11.0. The van der Waals surface area contributed by atoms with Crippen molar-refractivity contribution in [2.45, 2.75) is 0 Å². The number of nitriles is 2. The van der Waals surface area contributed by atoms with E-state index < -0.39 is 0 Å². The predicted octanol–water partition coefficient (Wildman–Crippen LogP) is 14.0. The summed E-state index contributed by atoms with van der Waals surface area (Å²) in [7, 11) is 0. The van der Waals surface area contributed by atoms with Crippen LogP contribution in [0.1, 0.15) is 11.4 Å². The smallest absolute Gasteiger partial charge is 0.177 e. The summed E-state index contributed by atoms with van der Waals surface area (Å²) in [4.78, 5) is 14.0. The zero-order valence-electron chi connectivity index (χ0n) is 32.3. The Hall–Kier alpha value is -8.58. The Morgan fingerprint density at radius 3 is 0.883 bits per heavy atom.